The first-order valence-electron chi connectivity index (χ1n) is 11.3. The van der Waals surface area contributed by atoms with Crippen molar-refractivity contribution in [3.05, 3.63) is 59.9 Å². The number of hydrogen-bond donors (Lipinski definition) is 2. The Kier molecular flexibility index (Phi) is 15.3. The van der Waals surface area contributed by atoms with Gasteiger partial charge in [-0.1, -0.05) is 46.2 Å². The van der Waals surface area contributed by atoms with Gasteiger partial charge >= 0.3 is 0 Å². The molecule has 5 heteroatoms. The number of rotatable bonds is 3. The van der Waals surface area contributed by atoms with Crippen molar-refractivity contribution in [1.82, 2.24) is 4.90 Å². The zero-order valence-corrected chi connectivity index (χ0v) is 19.8. The SMILES string of the molecule is C#C.CC.CC.O=C(CN1CC2CCCC2C1)c1ccc(O)cc1.Oc1ccccc1F. The molecule has 2 aromatic rings. The Balaban J connectivity index is 0.000000577. The van der Waals surface area contributed by atoms with E-state index in [1.165, 1.54) is 37.5 Å². The van der Waals surface area contributed by atoms with Crippen LogP contribution in [0.25, 0.3) is 0 Å². The van der Waals surface area contributed by atoms with E-state index >= 15 is 0 Å². The van der Waals surface area contributed by atoms with Gasteiger partial charge in [-0.25, -0.2) is 4.39 Å². The lowest BCUT2D eigenvalue weighted by molar-refractivity contribution is 0.0941. The molecule has 2 aromatic carbocycles. The zero-order chi connectivity index (χ0) is 24.5. The topological polar surface area (TPSA) is 60.8 Å². The number of halogens is 1. The summed E-state index contributed by atoms with van der Waals surface area (Å²) in [7, 11) is 0. The van der Waals surface area contributed by atoms with Gasteiger partial charge < -0.3 is 10.2 Å². The van der Waals surface area contributed by atoms with Crippen molar-refractivity contribution in [2.75, 3.05) is 19.6 Å². The van der Waals surface area contributed by atoms with Crippen molar-refractivity contribution >= 4 is 5.78 Å². The highest BCUT2D eigenvalue weighted by molar-refractivity contribution is 5.97. The molecule has 0 bridgehead atoms. The summed E-state index contributed by atoms with van der Waals surface area (Å²) in [5.74, 6) is 1.16. The fraction of sp³-hybridized carbons (Fsp3) is 0.444. The maximum atomic E-state index is 12.1. The van der Waals surface area contributed by atoms with Gasteiger partial charge in [0, 0.05) is 18.7 Å². The summed E-state index contributed by atoms with van der Waals surface area (Å²) in [6.07, 6.45) is 12.1. The molecule has 32 heavy (non-hydrogen) atoms. The van der Waals surface area contributed by atoms with Crippen molar-refractivity contribution in [2.24, 2.45) is 11.8 Å². The third-order valence-electron chi connectivity index (χ3n) is 5.21. The maximum absolute atomic E-state index is 12.1. The van der Waals surface area contributed by atoms with Gasteiger partial charge in [-0.15, -0.1) is 12.8 Å². The molecule has 0 radical (unpaired) electrons. The molecular weight excluding hydrogens is 405 g/mol. The van der Waals surface area contributed by atoms with Gasteiger partial charge in [0.15, 0.2) is 17.3 Å². The molecule has 4 rings (SSSR count). The molecule has 0 amide bonds. The maximum Gasteiger partial charge on any atom is 0.176 e. The number of benzene rings is 2. The van der Waals surface area contributed by atoms with Crippen molar-refractivity contribution < 1.29 is 19.4 Å². The number of fused-ring (bicyclic) bond motifs is 1. The molecule has 1 saturated heterocycles. The summed E-state index contributed by atoms with van der Waals surface area (Å²) in [6, 6.07) is 12.2. The molecule has 2 aliphatic rings. The van der Waals surface area contributed by atoms with Crippen molar-refractivity contribution in [1.29, 1.82) is 0 Å². The number of para-hydroxylation sites is 1. The average Bonchev–Trinajstić information content (AvgIpc) is 3.43. The van der Waals surface area contributed by atoms with Crippen LogP contribution < -0.4 is 0 Å². The van der Waals surface area contributed by atoms with E-state index in [1.54, 1.807) is 30.3 Å². The Bertz CT molecular complexity index is 756. The minimum absolute atomic E-state index is 0.162. The Labute approximate surface area is 193 Å². The number of hydrogen-bond acceptors (Lipinski definition) is 4. The largest absolute Gasteiger partial charge is 0.508 e. The van der Waals surface area contributed by atoms with E-state index in [9.17, 15) is 14.3 Å². The highest BCUT2D eigenvalue weighted by Crippen LogP contribution is 2.37. The Hall–Kier alpha value is -2.84. The lowest BCUT2D eigenvalue weighted by Crippen LogP contribution is -2.28. The van der Waals surface area contributed by atoms with E-state index in [4.69, 9.17) is 5.11 Å². The minimum atomic E-state index is -0.576. The number of phenols is 2. The number of terminal acetylenes is 1. The molecule has 1 aliphatic heterocycles. The van der Waals surface area contributed by atoms with Crippen LogP contribution in [0.2, 0.25) is 0 Å². The number of carbonyl (C=O) groups excluding carboxylic acids is 1. The van der Waals surface area contributed by atoms with Crippen LogP contribution >= 0.6 is 0 Å². The summed E-state index contributed by atoms with van der Waals surface area (Å²) in [5.41, 5.74) is 0.699. The monoisotopic (exact) mass is 443 g/mol. The van der Waals surface area contributed by atoms with E-state index in [0.29, 0.717) is 12.1 Å². The number of carbonyl (C=O) groups is 1. The number of likely N-dealkylation sites (tertiary alicyclic amines) is 1. The first kappa shape index (κ1) is 29.2. The van der Waals surface area contributed by atoms with Crippen LogP contribution in [0.15, 0.2) is 48.5 Å². The fourth-order valence-corrected chi connectivity index (χ4v) is 3.85. The van der Waals surface area contributed by atoms with Gasteiger partial charge in [-0.05, 0) is 61.1 Å². The number of aromatic hydroxyl groups is 2. The second kappa shape index (κ2) is 16.8. The molecule has 0 spiro atoms. The molecule has 2 fully saturated rings. The number of nitrogens with zero attached hydrogens (tertiary/aromatic N) is 1. The van der Waals surface area contributed by atoms with E-state index in [2.05, 4.69) is 17.7 Å². The second-order valence-electron chi connectivity index (χ2n) is 7.07. The van der Waals surface area contributed by atoms with Crippen LogP contribution in [0.4, 0.5) is 4.39 Å². The molecule has 1 saturated carbocycles. The standard InChI is InChI=1S/C15H19NO2.C6H5FO.2C2H6.C2H2/c17-14-6-4-11(5-7-14)15(18)10-16-8-12-2-1-3-13(12)9-16;7-5-3-1-2-4-6(5)8;3*1-2/h4-7,12-13,17H,1-3,8-10H2;1-4,8H;2*1-2H3;1-2H. The molecule has 1 heterocycles. The molecule has 1 aliphatic carbocycles. The van der Waals surface area contributed by atoms with Crippen LogP contribution in [0, 0.1) is 30.5 Å². The lowest BCUT2D eigenvalue weighted by atomic mass is 10.0. The normalized spacial score (nSPS) is 18.1. The third kappa shape index (κ3) is 9.53. The van der Waals surface area contributed by atoms with E-state index in [-0.39, 0.29) is 17.3 Å². The lowest BCUT2D eigenvalue weighted by Gasteiger charge is -2.15. The second-order valence-corrected chi connectivity index (χ2v) is 7.07. The van der Waals surface area contributed by atoms with Crippen molar-refractivity contribution in [3.63, 3.8) is 0 Å². The van der Waals surface area contributed by atoms with Gasteiger partial charge in [-0.2, -0.15) is 0 Å². The number of Topliss-reactive ketones (excluding diaryl/α,β-unsaturated/α-hetero) is 1. The third-order valence-corrected chi connectivity index (χ3v) is 5.21. The van der Waals surface area contributed by atoms with Crippen LogP contribution in [-0.4, -0.2) is 40.5 Å². The highest BCUT2D eigenvalue weighted by Gasteiger charge is 2.36. The zero-order valence-electron chi connectivity index (χ0n) is 19.8. The van der Waals surface area contributed by atoms with Gasteiger partial charge in [0.25, 0.3) is 0 Å². The van der Waals surface area contributed by atoms with Gasteiger partial charge in [-0.3, -0.25) is 9.69 Å². The molecular formula is C27H38FNO3. The summed E-state index contributed by atoms with van der Waals surface area (Å²) >= 11 is 0. The average molecular weight is 444 g/mol. The van der Waals surface area contributed by atoms with E-state index in [1.807, 2.05) is 27.7 Å². The summed E-state index contributed by atoms with van der Waals surface area (Å²) < 4.78 is 12.1. The van der Waals surface area contributed by atoms with Crippen LogP contribution in [0.3, 0.4) is 0 Å². The summed E-state index contributed by atoms with van der Waals surface area (Å²) in [5, 5.41) is 17.8. The first-order chi connectivity index (χ1) is 15.5. The van der Waals surface area contributed by atoms with Crippen molar-refractivity contribution in [2.45, 2.75) is 47.0 Å². The fourth-order valence-electron chi connectivity index (χ4n) is 3.85. The van der Waals surface area contributed by atoms with Crippen molar-refractivity contribution in [3.8, 4) is 24.3 Å². The minimum Gasteiger partial charge on any atom is -0.508 e. The predicted molar refractivity (Wildman–Crippen MR) is 130 cm³/mol. The molecule has 0 aromatic heterocycles. The predicted octanol–water partition coefficient (Wildman–Crippen LogP) is 6.14. The van der Waals surface area contributed by atoms with E-state index < -0.39 is 5.82 Å². The Morgan fingerprint density at radius 1 is 0.938 bits per heavy atom. The van der Waals surface area contributed by atoms with Gasteiger partial charge in [0.05, 0.1) is 6.54 Å². The quantitative estimate of drug-likeness (QED) is 0.442. The van der Waals surface area contributed by atoms with Gasteiger partial charge in [0.2, 0.25) is 0 Å². The summed E-state index contributed by atoms with van der Waals surface area (Å²) in [4.78, 5) is 14.4. The molecule has 176 valence electrons. The molecule has 2 atom stereocenters. The smallest absolute Gasteiger partial charge is 0.176 e. The van der Waals surface area contributed by atoms with Crippen LogP contribution in [0.5, 0.6) is 11.5 Å². The van der Waals surface area contributed by atoms with Crippen LogP contribution in [0.1, 0.15) is 57.3 Å². The summed E-state index contributed by atoms with van der Waals surface area (Å²) in [6.45, 7) is 10.7. The first-order valence-corrected chi connectivity index (χ1v) is 11.3. The highest BCUT2D eigenvalue weighted by atomic mass is 19.1. The number of phenolic OH excluding ortho intramolecular Hbond substituents is 2. The molecule has 4 nitrogen and oxygen atoms in total. The molecule has 2 unspecified atom stereocenters. The van der Waals surface area contributed by atoms with E-state index in [0.717, 1.165) is 24.9 Å². The Morgan fingerprint density at radius 3 is 1.88 bits per heavy atom. The number of ketones is 1. The molecule has 2 N–H and O–H groups in total. The Morgan fingerprint density at radius 2 is 1.44 bits per heavy atom. The van der Waals surface area contributed by atoms with Gasteiger partial charge in [0.1, 0.15) is 5.75 Å². The van der Waals surface area contributed by atoms with Crippen LogP contribution in [-0.2, 0) is 0 Å².